The lowest BCUT2D eigenvalue weighted by Crippen LogP contribution is -2.40. The molecule has 4 bridgehead atoms. The van der Waals surface area contributed by atoms with Crippen molar-refractivity contribution in [3.8, 4) is 11.5 Å². The van der Waals surface area contributed by atoms with Gasteiger partial charge in [-0.25, -0.2) is 14.9 Å². The molecule has 0 spiro atoms. The van der Waals surface area contributed by atoms with Gasteiger partial charge in [-0.05, 0) is 75.8 Å². The third-order valence-electron chi connectivity index (χ3n) is 8.64. The van der Waals surface area contributed by atoms with E-state index >= 15 is 0 Å². The number of nitrogens with one attached hydrogen (secondary N) is 1. The van der Waals surface area contributed by atoms with E-state index in [4.69, 9.17) is 19.2 Å². The van der Waals surface area contributed by atoms with Crippen LogP contribution in [0.2, 0.25) is 0 Å². The molecule has 0 radical (unpaired) electrons. The van der Waals surface area contributed by atoms with Gasteiger partial charge in [0.05, 0.1) is 31.7 Å². The topological polar surface area (TPSA) is 164 Å². The Labute approximate surface area is 259 Å². The molecule has 4 unspecified atom stereocenters. The predicted molar refractivity (Wildman–Crippen MR) is 163 cm³/mol. The number of amides is 1. The molecule has 3 aliphatic rings. The van der Waals surface area contributed by atoms with E-state index in [2.05, 4.69) is 5.32 Å². The standard InChI is InChI=1S/C33H47NO10/c1-6-41-31-22(5)30(44-40)26-17-24-13-14-25(26)28(31)33(38)42-15-8-7-12-27(43-39)21(4)29(36)20(3)16-19(2)10-9-11-23(18-35)32(37)34-24/h8-11,15,19-21,24,27,29,35-36,39-40H,6-7,12-14,16-18H2,1-5H3,(H,34,37)/b10-9+,15-8+,23-11-/t19?,20-,21+,24?,27?,29?/m1/s1. The Morgan fingerprint density at radius 2 is 1.84 bits per heavy atom. The van der Waals surface area contributed by atoms with E-state index in [-0.39, 0.29) is 59.5 Å². The number of aliphatic hydroxyl groups is 2. The summed E-state index contributed by atoms with van der Waals surface area (Å²) in [4.78, 5) is 36.1. The van der Waals surface area contributed by atoms with E-state index in [1.54, 1.807) is 32.1 Å². The quantitative estimate of drug-likeness (QED) is 0.178. The van der Waals surface area contributed by atoms with Crippen LogP contribution >= 0.6 is 0 Å². The highest BCUT2D eigenvalue weighted by molar-refractivity contribution is 5.97. The predicted octanol–water partition coefficient (Wildman–Crippen LogP) is 4.68. The highest BCUT2D eigenvalue weighted by Gasteiger charge is 2.34. The first-order valence-corrected chi connectivity index (χ1v) is 15.3. The molecule has 0 saturated heterocycles. The van der Waals surface area contributed by atoms with Crippen molar-refractivity contribution in [1.29, 1.82) is 0 Å². The van der Waals surface area contributed by atoms with Crippen LogP contribution in [0.3, 0.4) is 0 Å². The molecular weight excluding hydrogens is 570 g/mol. The summed E-state index contributed by atoms with van der Waals surface area (Å²) in [6.45, 7) is 8.98. The van der Waals surface area contributed by atoms with Gasteiger partial charge in [-0.15, -0.1) is 0 Å². The summed E-state index contributed by atoms with van der Waals surface area (Å²) in [7, 11) is 0. The number of fused-ring (bicyclic) bond motifs is 15. The van der Waals surface area contributed by atoms with Crippen molar-refractivity contribution >= 4 is 11.9 Å². The number of hydrogen-bond donors (Lipinski definition) is 5. The Kier molecular flexibility index (Phi) is 13.4. The van der Waals surface area contributed by atoms with Crippen LogP contribution < -0.4 is 14.9 Å². The first-order chi connectivity index (χ1) is 21.1. The van der Waals surface area contributed by atoms with Crippen LogP contribution in [0.15, 0.2) is 36.1 Å². The highest BCUT2D eigenvalue weighted by atomic mass is 17.1. The number of carbonyl (C=O) groups excluding carboxylic acids is 2. The molecule has 6 atom stereocenters. The third-order valence-corrected chi connectivity index (χ3v) is 8.64. The molecule has 244 valence electrons. The zero-order valence-electron chi connectivity index (χ0n) is 26.2. The fourth-order valence-corrected chi connectivity index (χ4v) is 6.18. The summed E-state index contributed by atoms with van der Waals surface area (Å²) in [5.41, 5.74) is 1.99. The Bertz CT molecular complexity index is 1240. The molecule has 1 aliphatic carbocycles. The minimum Gasteiger partial charge on any atom is -0.493 e. The maximum absolute atomic E-state index is 13.4. The van der Waals surface area contributed by atoms with Crippen LogP contribution in [0.1, 0.15) is 80.4 Å². The average Bonchev–Trinajstić information content (AvgIpc) is 3.00. The van der Waals surface area contributed by atoms with Gasteiger partial charge in [0.2, 0.25) is 5.91 Å². The highest BCUT2D eigenvalue weighted by Crippen LogP contribution is 2.42. The number of benzene rings is 1. The largest absolute Gasteiger partial charge is 0.493 e. The number of aliphatic hydroxyl groups excluding tert-OH is 2. The molecule has 1 aromatic rings. The molecular formula is C33H47NO10. The first-order valence-electron chi connectivity index (χ1n) is 15.3. The molecule has 5 N–H and O–H groups in total. The third kappa shape index (κ3) is 8.48. The van der Waals surface area contributed by atoms with Crippen molar-refractivity contribution in [2.75, 3.05) is 13.2 Å². The number of carbonyl (C=O) groups is 2. The van der Waals surface area contributed by atoms with Crippen molar-refractivity contribution < 1.29 is 49.6 Å². The fourth-order valence-electron chi connectivity index (χ4n) is 6.18. The molecule has 4 rings (SSSR count). The van der Waals surface area contributed by atoms with Gasteiger partial charge in [-0.3, -0.25) is 10.1 Å². The monoisotopic (exact) mass is 617 g/mol. The van der Waals surface area contributed by atoms with Crippen LogP contribution in [0.5, 0.6) is 11.5 Å². The van der Waals surface area contributed by atoms with E-state index in [0.717, 1.165) is 0 Å². The van der Waals surface area contributed by atoms with Gasteiger partial charge in [-0.1, -0.05) is 39.0 Å². The molecule has 44 heavy (non-hydrogen) atoms. The number of esters is 1. The Balaban J connectivity index is 2.02. The van der Waals surface area contributed by atoms with Crippen molar-refractivity contribution in [1.82, 2.24) is 5.32 Å². The SMILES string of the molecule is CCOc1c(C)c(OO)c2c3c1C(=O)O/C=C/CCC(OO)[C@H](C)C(O)[C@H](C)CC(C)/C=C/C=C(/CO)C(=O)NC(CC3)C2. The first kappa shape index (κ1) is 35.3. The maximum atomic E-state index is 13.4. The smallest absolute Gasteiger partial charge is 0.347 e. The Hall–Kier alpha value is -3.22. The molecule has 0 saturated carbocycles. The van der Waals surface area contributed by atoms with Crippen molar-refractivity contribution in [3.05, 3.63) is 58.4 Å². The molecule has 1 amide bonds. The molecule has 11 heteroatoms. The molecule has 0 fully saturated rings. The second-order valence-corrected chi connectivity index (χ2v) is 11.8. The molecule has 2 aliphatic heterocycles. The van der Waals surface area contributed by atoms with E-state index in [9.17, 15) is 30.3 Å². The second kappa shape index (κ2) is 16.7. The van der Waals surface area contributed by atoms with E-state index in [1.165, 1.54) is 6.26 Å². The number of rotatable bonds is 5. The van der Waals surface area contributed by atoms with Gasteiger partial charge >= 0.3 is 5.97 Å². The van der Waals surface area contributed by atoms with Crippen LogP contribution in [0, 0.1) is 24.7 Å². The zero-order valence-corrected chi connectivity index (χ0v) is 26.2. The lowest BCUT2D eigenvalue weighted by molar-refractivity contribution is -0.296. The lowest BCUT2D eigenvalue weighted by Gasteiger charge is -2.30. The summed E-state index contributed by atoms with van der Waals surface area (Å²) in [6, 6.07) is -0.351. The summed E-state index contributed by atoms with van der Waals surface area (Å²) in [5, 5.41) is 43.3. The van der Waals surface area contributed by atoms with Crippen LogP contribution in [-0.4, -0.2) is 64.1 Å². The van der Waals surface area contributed by atoms with Gasteiger partial charge in [0.1, 0.15) is 11.3 Å². The molecule has 1 aromatic carbocycles. The van der Waals surface area contributed by atoms with E-state index in [1.807, 2.05) is 26.8 Å². The van der Waals surface area contributed by atoms with Crippen molar-refractivity contribution in [2.45, 2.75) is 91.4 Å². The average molecular weight is 618 g/mol. The summed E-state index contributed by atoms with van der Waals surface area (Å²) >= 11 is 0. The maximum Gasteiger partial charge on any atom is 0.347 e. The van der Waals surface area contributed by atoms with Crippen LogP contribution in [-0.2, 0) is 27.3 Å². The molecule has 2 heterocycles. The normalized spacial score (nSPS) is 30.0. The van der Waals surface area contributed by atoms with Gasteiger partial charge < -0.3 is 29.9 Å². The summed E-state index contributed by atoms with van der Waals surface area (Å²) in [6.07, 6.45) is 9.31. The number of hydrogen-bond acceptors (Lipinski definition) is 10. The zero-order chi connectivity index (χ0) is 32.4. The van der Waals surface area contributed by atoms with Gasteiger partial charge in [0.15, 0.2) is 5.75 Å². The van der Waals surface area contributed by atoms with Crippen LogP contribution in [0.4, 0.5) is 0 Å². The van der Waals surface area contributed by atoms with Crippen LogP contribution in [0.25, 0.3) is 0 Å². The Morgan fingerprint density at radius 1 is 1.09 bits per heavy atom. The van der Waals surface area contributed by atoms with Gasteiger partial charge in [0, 0.05) is 28.7 Å². The van der Waals surface area contributed by atoms with Crippen molar-refractivity contribution in [2.24, 2.45) is 17.8 Å². The fraction of sp³-hybridized carbons (Fsp3) is 0.576. The van der Waals surface area contributed by atoms with Gasteiger partial charge in [0.25, 0.3) is 0 Å². The number of allylic oxidation sites excluding steroid dienone is 4. The van der Waals surface area contributed by atoms with E-state index < -0.39 is 30.7 Å². The molecule has 11 nitrogen and oxygen atoms in total. The minimum atomic E-state index is -0.752. The number of ether oxygens (including phenoxy) is 2. The lowest BCUT2D eigenvalue weighted by atomic mass is 9.82. The Morgan fingerprint density at radius 3 is 2.50 bits per heavy atom. The molecule has 0 aromatic heterocycles. The second-order valence-electron chi connectivity index (χ2n) is 11.8. The van der Waals surface area contributed by atoms with E-state index in [0.29, 0.717) is 48.8 Å². The minimum absolute atomic E-state index is 0.0598. The summed E-state index contributed by atoms with van der Waals surface area (Å²) in [5.74, 6) is -1.10. The van der Waals surface area contributed by atoms with Crippen molar-refractivity contribution in [3.63, 3.8) is 0 Å². The van der Waals surface area contributed by atoms with Gasteiger partial charge in [-0.2, -0.15) is 0 Å². The summed E-state index contributed by atoms with van der Waals surface area (Å²) < 4.78 is 11.3.